The summed E-state index contributed by atoms with van der Waals surface area (Å²) in [4.78, 5) is 18.6. The van der Waals surface area contributed by atoms with E-state index in [2.05, 4.69) is 4.90 Å². The minimum absolute atomic E-state index is 0.0262. The molecule has 9 heteroatoms. The molecule has 4 rings (SSSR count). The number of nitrogens with zero attached hydrogens (tertiary/aromatic N) is 3. The van der Waals surface area contributed by atoms with Crippen LogP contribution in [0.3, 0.4) is 0 Å². The average Bonchev–Trinajstić information content (AvgIpc) is 3.35. The number of amides is 1. The van der Waals surface area contributed by atoms with Crippen LogP contribution >= 0.6 is 11.3 Å². The molecular formula is C28H34FN3O3S2. The van der Waals surface area contributed by atoms with E-state index in [4.69, 9.17) is 0 Å². The number of hydrogen-bond acceptors (Lipinski definition) is 5. The molecule has 0 radical (unpaired) electrons. The first kappa shape index (κ1) is 27.4. The Morgan fingerprint density at radius 3 is 2.24 bits per heavy atom. The van der Waals surface area contributed by atoms with Crippen LogP contribution in [0.15, 0.2) is 58.8 Å². The zero-order valence-electron chi connectivity index (χ0n) is 21.6. The summed E-state index contributed by atoms with van der Waals surface area (Å²) in [6.45, 7) is 9.28. The number of rotatable bonds is 9. The second kappa shape index (κ2) is 11.9. The molecule has 2 aromatic carbocycles. The Morgan fingerprint density at radius 1 is 1.00 bits per heavy atom. The van der Waals surface area contributed by atoms with E-state index < -0.39 is 10.0 Å². The van der Waals surface area contributed by atoms with Gasteiger partial charge in [0, 0.05) is 50.7 Å². The zero-order chi connectivity index (χ0) is 26.6. The van der Waals surface area contributed by atoms with Crippen molar-refractivity contribution >= 4 is 27.3 Å². The topological polar surface area (TPSA) is 60.9 Å². The van der Waals surface area contributed by atoms with Crippen molar-refractivity contribution in [2.45, 2.75) is 38.6 Å². The van der Waals surface area contributed by atoms with E-state index in [1.807, 2.05) is 55.3 Å². The second-order valence-electron chi connectivity index (χ2n) is 9.67. The molecule has 0 spiro atoms. The monoisotopic (exact) mass is 543 g/mol. The van der Waals surface area contributed by atoms with E-state index in [1.165, 1.54) is 12.1 Å². The van der Waals surface area contributed by atoms with E-state index in [1.54, 1.807) is 27.8 Å². The highest BCUT2D eigenvalue weighted by atomic mass is 32.2. The number of hydrogen-bond donors (Lipinski definition) is 0. The predicted molar refractivity (Wildman–Crippen MR) is 146 cm³/mol. The lowest BCUT2D eigenvalue weighted by Gasteiger charge is -2.35. The van der Waals surface area contributed by atoms with Crippen molar-refractivity contribution in [2.24, 2.45) is 0 Å². The van der Waals surface area contributed by atoms with Crippen molar-refractivity contribution in [2.75, 3.05) is 39.3 Å². The molecule has 6 nitrogen and oxygen atoms in total. The highest BCUT2D eigenvalue weighted by Crippen LogP contribution is 2.26. The van der Waals surface area contributed by atoms with Gasteiger partial charge in [-0.05, 0) is 61.0 Å². The summed E-state index contributed by atoms with van der Waals surface area (Å²) in [6.07, 6.45) is 0.333. The molecule has 1 aliphatic rings. The smallest absolute Gasteiger partial charge is 0.243 e. The van der Waals surface area contributed by atoms with Gasteiger partial charge in [0.15, 0.2) is 0 Å². The third-order valence-corrected chi connectivity index (χ3v) is 9.85. The maximum absolute atomic E-state index is 13.4. The third kappa shape index (κ3) is 6.84. The van der Waals surface area contributed by atoms with Gasteiger partial charge in [0.1, 0.15) is 5.82 Å². The fraction of sp³-hybridized carbons (Fsp3) is 0.393. The number of halogens is 1. The largest absolute Gasteiger partial charge is 0.337 e. The molecule has 1 aromatic heterocycles. The van der Waals surface area contributed by atoms with Crippen LogP contribution in [0.4, 0.5) is 4.39 Å². The number of thiophene rings is 1. The van der Waals surface area contributed by atoms with Gasteiger partial charge in [-0.3, -0.25) is 9.69 Å². The Hall–Kier alpha value is -2.59. The Kier molecular flexibility index (Phi) is 8.79. The molecule has 198 valence electrons. The fourth-order valence-electron chi connectivity index (χ4n) is 4.93. The molecule has 0 unspecified atom stereocenters. The van der Waals surface area contributed by atoms with Crippen LogP contribution in [-0.2, 0) is 27.8 Å². The molecule has 0 atom stereocenters. The first-order valence-corrected chi connectivity index (χ1v) is 14.8. The number of carbonyl (C=O) groups is 1. The first-order valence-electron chi connectivity index (χ1n) is 12.5. The van der Waals surface area contributed by atoms with E-state index in [0.717, 1.165) is 27.1 Å². The highest BCUT2D eigenvalue weighted by Gasteiger charge is 2.31. The Morgan fingerprint density at radius 2 is 1.65 bits per heavy atom. The summed E-state index contributed by atoms with van der Waals surface area (Å²) in [7, 11) is -3.57. The molecule has 0 bridgehead atoms. The quantitative estimate of drug-likeness (QED) is 0.402. The Labute approximate surface area is 223 Å². The molecule has 1 fully saturated rings. The van der Waals surface area contributed by atoms with Gasteiger partial charge in [0.2, 0.25) is 15.9 Å². The van der Waals surface area contributed by atoms with Gasteiger partial charge >= 0.3 is 0 Å². The molecule has 2 heterocycles. The zero-order valence-corrected chi connectivity index (χ0v) is 23.2. The summed E-state index contributed by atoms with van der Waals surface area (Å²) in [6, 6.07) is 14.0. The molecule has 37 heavy (non-hydrogen) atoms. The summed E-state index contributed by atoms with van der Waals surface area (Å²) in [5.41, 5.74) is 3.49. The Bertz CT molecular complexity index is 1290. The molecule has 0 N–H and O–H groups in total. The lowest BCUT2D eigenvalue weighted by Crippen LogP contribution is -2.50. The van der Waals surface area contributed by atoms with Crippen LogP contribution in [0.2, 0.25) is 0 Å². The van der Waals surface area contributed by atoms with Crippen LogP contribution in [0, 0.1) is 26.6 Å². The fourth-order valence-corrected chi connectivity index (χ4v) is 7.46. The van der Waals surface area contributed by atoms with Crippen molar-refractivity contribution in [3.05, 3.63) is 86.9 Å². The van der Waals surface area contributed by atoms with E-state index in [9.17, 15) is 17.6 Å². The summed E-state index contributed by atoms with van der Waals surface area (Å²) in [5, 5.41) is 1.96. The average molecular weight is 544 g/mol. The van der Waals surface area contributed by atoms with Gasteiger partial charge in [0.25, 0.3) is 0 Å². The van der Waals surface area contributed by atoms with Gasteiger partial charge in [0.05, 0.1) is 11.3 Å². The van der Waals surface area contributed by atoms with Crippen LogP contribution in [0.1, 0.15) is 27.1 Å². The molecule has 0 saturated carbocycles. The van der Waals surface area contributed by atoms with Crippen molar-refractivity contribution in [3.8, 4) is 0 Å². The van der Waals surface area contributed by atoms with Crippen molar-refractivity contribution in [3.63, 3.8) is 0 Å². The van der Waals surface area contributed by atoms with Gasteiger partial charge in [-0.1, -0.05) is 35.9 Å². The van der Waals surface area contributed by atoms with E-state index >= 15 is 0 Å². The maximum Gasteiger partial charge on any atom is 0.243 e. The number of piperazine rings is 1. The summed E-state index contributed by atoms with van der Waals surface area (Å²) in [5.74, 6) is -0.276. The van der Waals surface area contributed by atoms with Crippen LogP contribution in [0.5, 0.6) is 0 Å². The SMILES string of the molecule is Cc1cc(C)c(S(=O)(=O)N2CCN(CCN(Cc3ccc(F)cc3)C(=O)Cc3cccs3)CC2)c(C)c1. The molecule has 0 aliphatic carbocycles. The second-order valence-corrected chi connectivity index (χ2v) is 12.6. The Balaban J connectivity index is 1.38. The first-order chi connectivity index (χ1) is 17.6. The molecular weight excluding hydrogens is 509 g/mol. The minimum atomic E-state index is -3.57. The van der Waals surface area contributed by atoms with Gasteiger partial charge in [-0.25, -0.2) is 12.8 Å². The number of carbonyl (C=O) groups excluding carboxylic acids is 1. The lowest BCUT2D eigenvalue weighted by molar-refractivity contribution is -0.131. The number of aryl methyl sites for hydroxylation is 3. The number of benzene rings is 2. The molecule has 1 saturated heterocycles. The van der Waals surface area contributed by atoms with Gasteiger partial charge in [-0.15, -0.1) is 11.3 Å². The normalized spacial score (nSPS) is 15.1. The summed E-state index contributed by atoms with van der Waals surface area (Å²) >= 11 is 1.56. The van der Waals surface area contributed by atoms with Crippen molar-refractivity contribution < 1.29 is 17.6 Å². The molecule has 1 aliphatic heterocycles. The van der Waals surface area contributed by atoms with Crippen LogP contribution in [-0.4, -0.2) is 67.7 Å². The standard InChI is InChI=1S/C28H34FN3O3S2/c1-21-17-22(2)28(23(3)18-21)37(34,35)32-14-11-30(12-15-32)10-13-31(20-24-6-8-25(29)9-7-24)27(33)19-26-5-4-16-36-26/h4-9,16-18H,10-15,19-20H2,1-3H3. The van der Waals surface area contributed by atoms with E-state index in [0.29, 0.717) is 57.1 Å². The van der Waals surface area contributed by atoms with E-state index in [-0.39, 0.29) is 11.7 Å². The minimum Gasteiger partial charge on any atom is -0.337 e. The predicted octanol–water partition coefficient (Wildman–Crippen LogP) is 4.39. The third-order valence-electron chi connectivity index (χ3n) is 6.76. The van der Waals surface area contributed by atoms with Crippen LogP contribution in [0.25, 0.3) is 0 Å². The van der Waals surface area contributed by atoms with Gasteiger partial charge < -0.3 is 4.90 Å². The lowest BCUT2D eigenvalue weighted by atomic mass is 10.1. The van der Waals surface area contributed by atoms with Crippen LogP contribution < -0.4 is 0 Å². The molecule has 3 aromatic rings. The summed E-state index contributed by atoms with van der Waals surface area (Å²) < 4.78 is 41.8. The highest BCUT2D eigenvalue weighted by molar-refractivity contribution is 7.89. The molecule has 1 amide bonds. The maximum atomic E-state index is 13.4. The van der Waals surface area contributed by atoms with Gasteiger partial charge in [-0.2, -0.15) is 4.31 Å². The van der Waals surface area contributed by atoms with Crippen molar-refractivity contribution in [1.29, 1.82) is 0 Å². The number of sulfonamides is 1. The van der Waals surface area contributed by atoms with Crippen molar-refractivity contribution in [1.82, 2.24) is 14.1 Å².